The maximum atomic E-state index is 5.91. The Labute approximate surface area is 101 Å². The molecule has 2 N–H and O–H groups in total. The van der Waals surface area contributed by atoms with E-state index >= 15 is 0 Å². The highest BCUT2D eigenvalue weighted by molar-refractivity contribution is 5.19. The molecule has 5 heteroatoms. The van der Waals surface area contributed by atoms with Gasteiger partial charge in [0, 0.05) is 31.0 Å². The number of rotatable bonds is 4. The first-order chi connectivity index (χ1) is 8.11. The third-order valence-corrected chi connectivity index (χ3v) is 2.88. The fourth-order valence-electron chi connectivity index (χ4n) is 2.04. The maximum Gasteiger partial charge on any atom is 0.0951 e. The van der Waals surface area contributed by atoms with Crippen molar-refractivity contribution in [3.05, 3.63) is 35.7 Å². The van der Waals surface area contributed by atoms with E-state index in [0.29, 0.717) is 0 Å². The highest BCUT2D eigenvalue weighted by Gasteiger charge is 2.10. The Morgan fingerprint density at radius 2 is 2.24 bits per heavy atom. The summed E-state index contributed by atoms with van der Waals surface area (Å²) in [5, 5.41) is 4.44. The van der Waals surface area contributed by atoms with E-state index in [1.807, 2.05) is 31.2 Å². The molecule has 0 aromatic carbocycles. The van der Waals surface area contributed by atoms with Crippen molar-refractivity contribution in [3.8, 4) is 0 Å². The summed E-state index contributed by atoms with van der Waals surface area (Å²) < 4.78 is 3.94. The SMILES string of the molecule is CCc1nn(C)cc1Cn1cncc1[C@H](C)N. The molecule has 0 amide bonds. The largest absolute Gasteiger partial charge is 0.329 e. The summed E-state index contributed by atoms with van der Waals surface area (Å²) in [5.74, 6) is 0. The Bertz CT molecular complexity index is 495. The van der Waals surface area contributed by atoms with Gasteiger partial charge in [-0.3, -0.25) is 4.68 Å². The maximum absolute atomic E-state index is 5.91. The molecule has 2 aromatic heterocycles. The Hall–Kier alpha value is -1.62. The van der Waals surface area contributed by atoms with Crippen molar-refractivity contribution in [2.24, 2.45) is 12.8 Å². The van der Waals surface area contributed by atoms with Crippen molar-refractivity contribution in [1.29, 1.82) is 0 Å². The predicted octanol–water partition coefficient (Wildman–Crippen LogP) is 1.25. The minimum Gasteiger partial charge on any atom is -0.329 e. The van der Waals surface area contributed by atoms with Crippen LogP contribution in [0.3, 0.4) is 0 Å². The Kier molecular flexibility index (Phi) is 3.28. The molecule has 1 atom stereocenters. The molecule has 0 unspecified atom stereocenters. The first-order valence-electron chi connectivity index (χ1n) is 5.88. The fraction of sp³-hybridized carbons (Fsp3) is 0.500. The Morgan fingerprint density at radius 1 is 1.47 bits per heavy atom. The zero-order chi connectivity index (χ0) is 12.4. The smallest absolute Gasteiger partial charge is 0.0951 e. The fourth-order valence-corrected chi connectivity index (χ4v) is 2.04. The van der Waals surface area contributed by atoms with E-state index < -0.39 is 0 Å². The minimum atomic E-state index is -0.000696. The van der Waals surface area contributed by atoms with Crippen LogP contribution in [-0.2, 0) is 20.0 Å². The molecule has 0 saturated heterocycles. The second-order valence-corrected chi connectivity index (χ2v) is 4.36. The molecule has 0 radical (unpaired) electrons. The van der Waals surface area contributed by atoms with Gasteiger partial charge in [-0.15, -0.1) is 0 Å². The molecular formula is C12H19N5. The normalized spacial score (nSPS) is 12.9. The van der Waals surface area contributed by atoms with Crippen LogP contribution in [0.2, 0.25) is 0 Å². The van der Waals surface area contributed by atoms with E-state index in [4.69, 9.17) is 5.73 Å². The van der Waals surface area contributed by atoms with Gasteiger partial charge in [-0.2, -0.15) is 5.10 Å². The molecule has 92 valence electrons. The van der Waals surface area contributed by atoms with Gasteiger partial charge in [0.05, 0.1) is 24.3 Å². The molecule has 5 nitrogen and oxygen atoms in total. The zero-order valence-electron chi connectivity index (χ0n) is 10.6. The lowest BCUT2D eigenvalue weighted by Gasteiger charge is -2.10. The number of imidazole rings is 1. The van der Waals surface area contributed by atoms with Crippen molar-refractivity contribution < 1.29 is 0 Å². The van der Waals surface area contributed by atoms with E-state index in [1.165, 1.54) is 5.56 Å². The van der Waals surface area contributed by atoms with Gasteiger partial charge in [0.25, 0.3) is 0 Å². The van der Waals surface area contributed by atoms with Gasteiger partial charge in [-0.05, 0) is 13.3 Å². The molecular weight excluding hydrogens is 214 g/mol. The Morgan fingerprint density at radius 3 is 2.88 bits per heavy atom. The van der Waals surface area contributed by atoms with E-state index in [2.05, 4.69) is 27.8 Å². The molecule has 2 heterocycles. The summed E-state index contributed by atoms with van der Waals surface area (Å²) in [4.78, 5) is 4.16. The van der Waals surface area contributed by atoms with Crippen molar-refractivity contribution in [1.82, 2.24) is 19.3 Å². The molecule has 2 rings (SSSR count). The van der Waals surface area contributed by atoms with Gasteiger partial charge in [0.1, 0.15) is 0 Å². The highest BCUT2D eigenvalue weighted by Crippen LogP contribution is 2.14. The average molecular weight is 233 g/mol. The lowest BCUT2D eigenvalue weighted by Crippen LogP contribution is -2.12. The summed E-state index contributed by atoms with van der Waals surface area (Å²) in [7, 11) is 1.95. The number of hydrogen-bond donors (Lipinski definition) is 1. The van der Waals surface area contributed by atoms with Crippen LogP contribution in [0.15, 0.2) is 18.7 Å². The van der Waals surface area contributed by atoms with Crippen LogP contribution in [0.4, 0.5) is 0 Å². The van der Waals surface area contributed by atoms with Gasteiger partial charge in [-0.25, -0.2) is 4.98 Å². The van der Waals surface area contributed by atoms with Crippen LogP contribution in [0, 0.1) is 0 Å². The van der Waals surface area contributed by atoms with E-state index in [-0.39, 0.29) is 6.04 Å². The number of aryl methyl sites for hydroxylation is 2. The second-order valence-electron chi connectivity index (χ2n) is 4.36. The quantitative estimate of drug-likeness (QED) is 0.864. The molecule has 2 aromatic rings. The predicted molar refractivity (Wildman–Crippen MR) is 66.5 cm³/mol. The van der Waals surface area contributed by atoms with E-state index in [0.717, 1.165) is 24.4 Å². The zero-order valence-corrected chi connectivity index (χ0v) is 10.6. The molecule has 0 fully saturated rings. The van der Waals surface area contributed by atoms with E-state index in [9.17, 15) is 0 Å². The third kappa shape index (κ3) is 2.39. The molecule has 0 saturated carbocycles. The Balaban J connectivity index is 2.28. The monoisotopic (exact) mass is 233 g/mol. The minimum absolute atomic E-state index is 0.000696. The van der Waals surface area contributed by atoms with Gasteiger partial charge in [0.2, 0.25) is 0 Å². The number of nitrogens with two attached hydrogens (primary N) is 1. The van der Waals surface area contributed by atoms with Crippen LogP contribution in [0.1, 0.15) is 36.8 Å². The summed E-state index contributed by atoms with van der Waals surface area (Å²) in [6.07, 6.45) is 6.65. The van der Waals surface area contributed by atoms with Crippen LogP contribution in [-0.4, -0.2) is 19.3 Å². The average Bonchev–Trinajstić information content (AvgIpc) is 2.85. The van der Waals surface area contributed by atoms with Crippen molar-refractivity contribution in [2.75, 3.05) is 0 Å². The molecule has 0 spiro atoms. The van der Waals surface area contributed by atoms with Crippen molar-refractivity contribution in [3.63, 3.8) is 0 Å². The molecule has 0 bridgehead atoms. The molecule has 0 aliphatic carbocycles. The van der Waals surface area contributed by atoms with Crippen LogP contribution in [0.5, 0.6) is 0 Å². The topological polar surface area (TPSA) is 61.7 Å². The highest BCUT2D eigenvalue weighted by atomic mass is 15.3. The third-order valence-electron chi connectivity index (χ3n) is 2.88. The lowest BCUT2D eigenvalue weighted by atomic mass is 10.2. The first-order valence-corrected chi connectivity index (χ1v) is 5.88. The number of nitrogens with zero attached hydrogens (tertiary/aromatic N) is 4. The van der Waals surface area contributed by atoms with Gasteiger partial charge >= 0.3 is 0 Å². The number of hydrogen-bond acceptors (Lipinski definition) is 3. The van der Waals surface area contributed by atoms with Crippen molar-refractivity contribution in [2.45, 2.75) is 32.9 Å². The van der Waals surface area contributed by atoms with Crippen molar-refractivity contribution >= 4 is 0 Å². The van der Waals surface area contributed by atoms with Crippen LogP contribution < -0.4 is 5.73 Å². The molecule has 17 heavy (non-hydrogen) atoms. The lowest BCUT2D eigenvalue weighted by molar-refractivity contribution is 0.671. The van der Waals surface area contributed by atoms with Gasteiger partial charge in [-0.1, -0.05) is 6.92 Å². The van der Waals surface area contributed by atoms with Crippen LogP contribution >= 0.6 is 0 Å². The summed E-state index contributed by atoms with van der Waals surface area (Å²) in [6, 6.07) is -0.000696. The first kappa shape index (κ1) is 11.9. The summed E-state index contributed by atoms with van der Waals surface area (Å²) in [5.41, 5.74) is 9.33. The second kappa shape index (κ2) is 4.71. The van der Waals surface area contributed by atoms with Gasteiger partial charge < -0.3 is 10.3 Å². The van der Waals surface area contributed by atoms with Crippen LogP contribution in [0.25, 0.3) is 0 Å². The number of aromatic nitrogens is 4. The summed E-state index contributed by atoms with van der Waals surface area (Å²) in [6.45, 7) is 4.87. The van der Waals surface area contributed by atoms with E-state index in [1.54, 1.807) is 0 Å². The van der Waals surface area contributed by atoms with Gasteiger partial charge in [0.15, 0.2) is 0 Å². The summed E-state index contributed by atoms with van der Waals surface area (Å²) >= 11 is 0. The molecule has 0 aliphatic heterocycles. The standard InChI is InChI=1S/C12H19N5/c1-4-11-10(6-16(3)15-11)7-17-8-14-5-12(17)9(2)13/h5-6,8-9H,4,7,13H2,1-3H3/t9-/m0/s1. The molecule has 0 aliphatic rings.